The molecule has 0 aromatic heterocycles. The lowest BCUT2D eigenvalue weighted by Crippen LogP contribution is -1.97. The van der Waals surface area contributed by atoms with E-state index in [1.165, 1.54) is 17.5 Å². The Morgan fingerprint density at radius 1 is 0.684 bits per heavy atom. The summed E-state index contributed by atoms with van der Waals surface area (Å²) in [6.45, 7) is 4.43. The molecule has 0 amide bonds. The van der Waals surface area contributed by atoms with Crippen molar-refractivity contribution in [2.45, 2.75) is 31.6 Å². The SMILES string of the molecule is CC(P)CC(C)P.c1ccc(-c2ccccc2)cc1. The first-order valence-electron chi connectivity index (χ1n) is 6.71. The third kappa shape index (κ3) is 7.46. The maximum Gasteiger partial charge on any atom is -0.0184 e. The quantitative estimate of drug-likeness (QED) is 0.677. The van der Waals surface area contributed by atoms with E-state index >= 15 is 0 Å². The maximum absolute atomic E-state index is 2.79. The van der Waals surface area contributed by atoms with Gasteiger partial charge in [0.05, 0.1) is 0 Å². The molecule has 0 aliphatic rings. The molecule has 0 saturated heterocycles. The molecule has 0 spiro atoms. The van der Waals surface area contributed by atoms with Crippen LogP contribution in [0.15, 0.2) is 60.7 Å². The normalized spacial score (nSPS) is 13.1. The van der Waals surface area contributed by atoms with E-state index < -0.39 is 0 Å². The first-order chi connectivity index (χ1) is 9.09. The molecule has 4 unspecified atom stereocenters. The summed E-state index contributed by atoms with van der Waals surface area (Å²) in [7, 11) is 5.58. The molecule has 2 rings (SSSR count). The van der Waals surface area contributed by atoms with E-state index in [1.807, 2.05) is 12.1 Å². The van der Waals surface area contributed by atoms with E-state index in [9.17, 15) is 0 Å². The van der Waals surface area contributed by atoms with Gasteiger partial charge >= 0.3 is 0 Å². The Bertz CT molecular complexity index is 392. The molecule has 2 heteroatoms. The van der Waals surface area contributed by atoms with Crippen LogP contribution in [0.5, 0.6) is 0 Å². The molecule has 4 atom stereocenters. The van der Waals surface area contributed by atoms with E-state index in [1.54, 1.807) is 0 Å². The lowest BCUT2D eigenvalue weighted by atomic mass is 10.1. The van der Waals surface area contributed by atoms with Crippen LogP contribution >= 0.6 is 18.5 Å². The van der Waals surface area contributed by atoms with Crippen LogP contribution in [0.2, 0.25) is 0 Å². The van der Waals surface area contributed by atoms with E-state index in [2.05, 4.69) is 80.9 Å². The summed E-state index contributed by atoms with van der Waals surface area (Å²) in [5.41, 5.74) is 4.09. The molecule has 0 radical (unpaired) electrons. The molecule has 0 aliphatic carbocycles. The summed E-state index contributed by atoms with van der Waals surface area (Å²) < 4.78 is 0. The highest BCUT2D eigenvalue weighted by Crippen LogP contribution is 2.17. The van der Waals surface area contributed by atoms with Gasteiger partial charge in [0.2, 0.25) is 0 Å². The molecule has 0 heterocycles. The van der Waals surface area contributed by atoms with Gasteiger partial charge in [-0.15, -0.1) is 18.5 Å². The predicted octanol–water partition coefficient (Wildman–Crippen LogP) is 5.26. The lowest BCUT2D eigenvalue weighted by Gasteiger charge is -2.05. The zero-order valence-electron chi connectivity index (χ0n) is 11.8. The van der Waals surface area contributed by atoms with Crippen LogP contribution in [0, 0.1) is 0 Å². The number of hydrogen-bond acceptors (Lipinski definition) is 0. The summed E-state index contributed by atoms with van der Waals surface area (Å²) >= 11 is 0. The summed E-state index contributed by atoms with van der Waals surface area (Å²) in [6.07, 6.45) is 1.29. The standard InChI is InChI=1S/C12H10.C5H14P2/c1-3-7-11(8-4-1)12-9-5-2-6-10-12;1-4(6)3-5(2)7/h1-10H;4-5H,3,6-7H2,1-2H3. The van der Waals surface area contributed by atoms with Gasteiger partial charge in [-0.1, -0.05) is 74.5 Å². The Hall–Kier alpha value is -0.700. The minimum absolute atomic E-state index is 0.771. The summed E-state index contributed by atoms with van der Waals surface area (Å²) in [5, 5.41) is 0. The topological polar surface area (TPSA) is 0 Å². The zero-order chi connectivity index (χ0) is 14.1. The first-order valence-corrected chi connectivity index (χ1v) is 8.04. The van der Waals surface area contributed by atoms with Gasteiger partial charge in [-0.05, 0) is 28.9 Å². The summed E-state index contributed by atoms with van der Waals surface area (Å²) in [4.78, 5) is 0. The first kappa shape index (κ1) is 16.4. The third-order valence-electron chi connectivity index (χ3n) is 2.62. The van der Waals surface area contributed by atoms with Crippen molar-refractivity contribution in [3.05, 3.63) is 60.7 Å². The van der Waals surface area contributed by atoms with Crippen molar-refractivity contribution in [1.82, 2.24) is 0 Å². The highest BCUT2D eigenvalue weighted by molar-refractivity contribution is 7.18. The number of rotatable bonds is 3. The average Bonchev–Trinajstić information content (AvgIpc) is 2.40. The van der Waals surface area contributed by atoms with Crippen molar-refractivity contribution < 1.29 is 0 Å². The van der Waals surface area contributed by atoms with Crippen molar-refractivity contribution in [2.24, 2.45) is 0 Å². The average molecular weight is 290 g/mol. The molecule has 2 aromatic rings. The summed E-state index contributed by atoms with van der Waals surface area (Å²) in [5.74, 6) is 0. The van der Waals surface area contributed by atoms with Gasteiger partial charge in [0.15, 0.2) is 0 Å². The van der Waals surface area contributed by atoms with Crippen LogP contribution < -0.4 is 0 Å². The molecule has 0 aliphatic heterocycles. The van der Waals surface area contributed by atoms with E-state index in [0.717, 1.165) is 11.3 Å². The zero-order valence-corrected chi connectivity index (χ0v) is 14.1. The van der Waals surface area contributed by atoms with Gasteiger partial charge < -0.3 is 0 Å². The van der Waals surface area contributed by atoms with Crippen LogP contribution in [-0.2, 0) is 0 Å². The van der Waals surface area contributed by atoms with Gasteiger partial charge in [-0.2, -0.15) is 0 Å². The monoisotopic (exact) mass is 290 g/mol. The smallest absolute Gasteiger partial charge is 0.0184 e. The number of hydrogen-bond donors (Lipinski definition) is 0. The van der Waals surface area contributed by atoms with Crippen LogP contribution in [0.25, 0.3) is 11.1 Å². The second-order valence-electron chi connectivity index (χ2n) is 4.92. The molecule has 0 saturated carbocycles. The van der Waals surface area contributed by atoms with Gasteiger partial charge in [-0.25, -0.2) is 0 Å². The fourth-order valence-electron chi connectivity index (χ4n) is 1.85. The van der Waals surface area contributed by atoms with Crippen LogP contribution in [-0.4, -0.2) is 11.3 Å². The summed E-state index contributed by atoms with van der Waals surface area (Å²) in [6, 6.07) is 20.8. The second kappa shape index (κ2) is 9.24. The Labute approximate surface area is 122 Å². The lowest BCUT2D eigenvalue weighted by molar-refractivity contribution is 0.804. The molecule has 0 nitrogen and oxygen atoms in total. The van der Waals surface area contributed by atoms with Gasteiger partial charge in [-0.3, -0.25) is 0 Å². The second-order valence-corrected chi connectivity index (χ2v) is 7.20. The van der Waals surface area contributed by atoms with Gasteiger partial charge in [0, 0.05) is 0 Å². The van der Waals surface area contributed by atoms with Crippen LogP contribution in [0.4, 0.5) is 0 Å². The molecule has 0 bridgehead atoms. The van der Waals surface area contributed by atoms with Crippen molar-refractivity contribution in [2.75, 3.05) is 0 Å². The van der Waals surface area contributed by atoms with Crippen LogP contribution in [0.1, 0.15) is 20.3 Å². The predicted molar refractivity (Wildman–Crippen MR) is 94.8 cm³/mol. The van der Waals surface area contributed by atoms with Gasteiger partial charge in [0.25, 0.3) is 0 Å². The van der Waals surface area contributed by atoms with E-state index in [0.29, 0.717) is 0 Å². The highest BCUT2D eigenvalue weighted by atomic mass is 31.0. The van der Waals surface area contributed by atoms with E-state index in [4.69, 9.17) is 0 Å². The molecule has 102 valence electrons. The largest absolute Gasteiger partial charge is 0.135 e. The Kier molecular flexibility index (Phi) is 7.96. The Balaban J connectivity index is 0.000000224. The van der Waals surface area contributed by atoms with E-state index in [-0.39, 0.29) is 0 Å². The molecule has 19 heavy (non-hydrogen) atoms. The fraction of sp³-hybridized carbons (Fsp3) is 0.294. The maximum atomic E-state index is 2.79. The minimum Gasteiger partial charge on any atom is -0.135 e. The van der Waals surface area contributed by atoms with Crippen molar-refractivity contribution >= 4 is 18.5 Å². The third-order valence-corrected chi connectivity index (χ3v) is 3.17. The van der Waals surface area contributed by atoms with Crippen molar-refractivity contribution in [3.8, 4) is 11.1 Å². The molecular weight excluding hydrogens is 266 g/mol. The Morgan fingerprint density at radius 3 is 1.21 bits per heavy atom. The molecular formula is C17H24P2. The van der Waals surface area contributed by atoms with Crippen molar-refractivity contribution in [3.63, 3.8) is 0 Å². The number of benzene rings is 2. The van der Waals surface area contributed by atoms with Crippen molar-refractivity contribution in [1.29, 1.82) is 0 Å². The Morgan fingerprint density at radius 2 is 1.00 bits per heavy atom. The van der Waals surface area contributed by atoms with Gasteiger partial charge in [0.1, 0.15) is 0 Å². The van der Waals surface area contributed by atoms with Crippen LogP contribution in [0.3, 0.4) is 0 Å². The highest BCUT2D eigenvalue weighted by Gasteiger charge is 1.96. The minimum atomic E-state index is 0.771. The fourth-order valence-corrected chi connectivity index (χ4v) is 3.02. The molecule has 0 fully saturated rings. The molecule has 0 N–H and O–H groups in total. The molecule has 2 aromatic carbocycles.